The van der Waals surface area contributed by atoms with Crippen LogP contribution >= 0.6 is 0 Å². The molecule has 1 aromatic carbocycles. The Balaban J connectivity index is 1.61. The van der Waals surface area contributed by atoms with Crippen molar-refractivity contribution in [1.29, 1.82) is 0 Å². The van der Waals surface area contributed by atoms with Gasteiger partial charge in [0, 0.05) is 13.1 Å². The number of likely N-dealkylation sites (tertiary alicyclic amines) is 1. The first-order chi connectivity index (χ1) is 11.0. The van der Waals surface area contributed by atoms with E-state index >= 15 is 0 Å². The van der Waals surface area contributed by atoms with Gasteiger partial charge in [0.15, 0.2) is 0 Å². The number of aryl methyl sites for hydroxylation is 2. The average molecular weight is 315 g/mol. The molecule has 5 nitrogen and oxygen atoms in total. The number of carbonyl (C=O) groups excluding carboxylic acids is 2. The van der Waals surface area contributed by atoms with Gasteiger partial charge in [-0.25, -0.2) is 4.79 Å². The largest absolute Gasteiger partial charge is 0.369 e. The molecule has 3 rings (SSSR count). The van der Waals surface area contributed by atoms with Crippen molar-refractivity contribution in [2.24, 2.45) is 11.7 Å². The van der Waals surface area contributed by atoms with Crippen LogP contribution in [-0.2, 0) is 17.6 Å². The number of rotatable bonds is 3. The molecular weight excluding hydrogens is 290 g/mol. The van der Waals surface area contributed by atoms with Gasteiger partial charge in [0.05, 0.1) is 12.0 Å². The second kappa shape index (κ2) is 6.60. The van der Waals surface area contributed by atoms with Crippen LogP contribution < -0.4 is 11.1 Å². The third-order valence-electron chi connectivity index (χ3n) is 5.09. The van der Waals surface area contributed by atoms with Crippen molar-refractivity contribution >= 4 is 11.9 Å². The van der Waals surface area contributed by atoms with E-state index in [4.69, 9.17) is 5.73 Å². The number of urea groups is 1. The van der Waals surface area contributed by atoms with Crippen LogP contribution in [0.25, 0.3) is 0 Å². The van der Waals surface area contributed by atoms with Crippen molar-refractivity contribution in [2.45, 2.75) is 45.1 Å². The molecule has 1 aromatic rings. The molecule has 1 saturated heterocycles. The molecule has 0 saturated carbocycles. The van der Waals surface area contributed by atoms with Gasteiger partial charge in [-0.2, -0.15) is 0 Å². The van der Waals surface area contributed by atoms with E-state index in [2.05, 4.69) is 23.5 Å². The normalized spacial score (nSPS) is 21.6. The molecule has 23 heavy (non-hydrogen) atoms. The van der Waals surface area contributed by atoms with Gasteiger partial charge < -0.3 is 16.0 Å². The Morgan fingerprint density at radius 1 is 1.26 bits per heavy atom. The van der Waals surface area contributed by atoms with Crippen molar-refractivity contribution in [2.75, 3.05) is 13.1 Å². The average Bonchev–Trinajstić information content (AvgIpc) is 3.04. The predicted octanol–water partition coefficient (Wildman–Crippen LogP) is 2.14. The maximum atomic E-state index is 12.3. The maximum Gasteiger partial charge on any atom is 0.317 e. The quantitative estimate of drug-likeness (QED) is 0.896. The summed E-state index contributed by atoms with van der Waals surface area (Å²) in [7, 11) is 0. The van der Waals surface area contributed by atoms with E-state index in [0.717, 1.165) is 12.0 Å². The molecule has 124 valence electrons. The molecule has 0 unspecified atom stereocenters. The number of carbonyl (C=O) groups is 2. The number of fused-ring (bicyclic) bond motifs is 1. The monoisotopic (exact) mass is 315 g/mol. The lowest BCUT2D eigenvalue weighted by Gasteiger charge is -2.23. The Labute approximate surface area is 137 Å². The molecule has 0 aromatic heterocycles. The first-order valence-corrected chi connectivity index (χ1v) is 8.51. The zero-order valence-electron chi connectivity index (χ0n) is 13.7. The molecule has 1 aliphatic carbocycles. The Hall–Kier alpha value is -2.04. The summed E-state index contributed by atoms with van der Waals surface area (Å²) in [6.45, 7) is 3.03. The van der Waals surface area contributed by atoms with Crippen LogP contribution in [0.2, 0.25) is 0 Å². The Kier molecular flexibility index (Phi) is 4.55. The van der Waals surface area contributed by atoms with Gasteiger partial charge >= 0.3 is 6.03 Å². The fourth-order valence-electron chi connectivity index (χ4n) is 3.56. The first-order valence-electron chi connectivity index (χ1n) is 8.51. The lowest BCUT2D eigenvalue weighted by Crippen LogP contribution is -2.40. The van der Waals surface area contributed by atoms with Gasteiger partial charge in [0.2, 0.25) is 5.91 Å². The highest BCUT2D eigenvalue weighted by Gasteiger charge is 2.30. The number of hydrogen-bond donors (Lipinski definition) is 2. The molecule has 2 atom stereocenters. The zero-order valence-corrected chi connectivity index (χ0v) is 13.7. The Morgan fingerprint density at radius 3 is 2.70 bits per heavy atom. The Morgan fingerprint density at radius 2 is 2.00 bits per heavy atom. The number of amides is 3. The van der Waals surface area contributed by atoms with Gasteiger partial charge in [0.25, 0.3) is 0 Å². The molecule has 1 heterocycles. The van der Waals surface area contributed by atoms with E-state index in [0.29, 0.717) is 19.5 Å². The lowest BCUT2D eigenvalue weighted by atomic mass is 9.89. The van der Waals surface area contributed by atoms with Gasteiger partial charge in [-0.05, 0) is 55.7 Å². The van der Waals surface area contributed by atoms with Crippen molar-refractivity contribution in [3.63, 3.8) is 0 Å². The van der Waals surface area contributed by atoms with Crippen LogP contribution in [0.15, 0.2) is 18.2 Å². The fourth-order valence-corrected chi connectivity index (χ4v) is 3.56. The van der Waals surface area contributed by atoms with Crippen molar-refractivity contribution < 1.29 is 9.59 Å². The molecule has 3 N–H and O–H groups in total. The standard InChI is InChI=1S/C18H25N3O2/c1-12(14-7-6-13-4-2-3-5-15(13)10-14)20-18(23)21-9-8-16(11-21)17(19)22/h6-7,10,12,16H,2-5,8-9,11H2,1H3,(H2,19,22)(H,20,23)/t12-,16-/m1/s1. The highest BCUT2D eigenvalue weighted by atomic mass is 16.2. The number of nitrogens with zero attached hydrogens (tertiary/aromatic N) is 1. The summed E-state index contributed by atoms with van der Waals surface area (Å²) >= 11 is 0. The maximum absolute atomic E-state index is 12.3. The van der Waals surface area contributed by atoms with Crippen LogP contribution in [0.4, 0.5) is 4.79 Å². The third kappa shape index (κ3) is 3.49. The number of primary amides is 1. The number of nitrogens with two attached hydrogens (primary N) is 1. The van der Waals surface area contributed by atoms with E-state index in [-0.39, 0.29) is 23.9 Å². The minimum absolute atomic E-state index is 0.0395. The minimum atomic E-state index is -0.317. The first kappa shape index (κ1) is 15.8. The summed E-state index contributed by atoms with van der Waals surface area (Å²) in [6.07, 6.45) is 5.49. The van der Waals surface area contributed by atoms with E-state index in [1.165, 1.54) is 30.4 Å². The van der Waals surface area contributed by atoms with E-state index < -0.39 is 0 Å². The van der Waals surface area contributed by atoms with Crippen LogP contribution in [0.3, 0.4) is 0 Å². The molecule has 0 radical (unpaired) electrons. The van der Waals surface area contributed by atoms with E-state index in [9.17, 15) is 9.59 Å². The lowest BCUT2D eigenvalue weighted by molar-refractivity contribution is -0.121. The van der Waals surface area contributed by atoms with Gasteiger partial charge in [-0.1, -0.05) is 18.2 Å². The van der Waals surface area contributed by atoms with Gasteiger partial charge in [0.1, 0.15) is 0 Å². The second-order valence-electron chi connectivity index (χ2n) is 6.74. The van der Waals surface area contributed by atoms with Crippen LogP contribution in [0.1, 0.15) is 48.9 Å². The van der Waals surface area contributed by atoms with Crippen LogP contribution in [0.5, 0.6) is 0 Å². The second-order valence-corrected chi connectivity index (χ2v) is 6.74. The predicted molar refractivity (Wildman–Crippen MR) is 88.9 cm³/mol. The molecule has 0 bridgehead atoms. The number of hydrogen-bond acceptors (Lipinski definition) is 2. The number of nitrogens with one attached hydrogen (secondary N) is 1. The summed E-state index contributed by atoms with van der Waals surface area (Å²) < 4.78 is 0. The topological polar surface area (TPSA) is 75.4 Å². The Bertz CT molecular complexity index is 614. The van der Waals surface area contributed by atoms with E-state index in [1.54, 1.807) is 4.90 Å². The fraction of sp³-hybridized carbons (Fsp3) is 0.556. The molecule has 1 aliphatic heterocycles. The van der Waals surface area contributed by atoms with Crippen molar-refractivity contribution in [1.82, 2.24) is 10.2 Å². The minimum Gasteiger partial charge on any atom is -0.369 e. The zero-order chi connectivity index (χ0) is 16.4. The summed E-state index contributed by atoms with van der Waals surface area (Å²) in [5.74, 6) is -0.525. The summed E-state index contributed by atoms with van der Waals surface area (Å²) in [5.41, 5.74) is 9.33. The summed E-state index contributed by atoms with van der Waals surface area (Å²) in [5, 5.41) is 3.04. The molecule has 2 aliphatic rings. The molecule has 3 amide bonds. The molecule has 0 spiro atoms. The third-order valence-corrected chi connectivity index (χ3v) is 5.09. The summed E-state index contributed by atoms with van der Waals surface area (Å²) in [6, 6.07) is 6.40. The van der Waals surface area contributed by atoms with Crippen molar-refractivity contribution in [3.05, 3.63) is 34.9 Å². The van der Waals surface area contributed by atoms with Gasteiger partial charge in [-0.15, -0.1) is 0 Å². The van der Waals surface area contributed by atoms with Gasteiger partial charge in [-0.3, -0.25) is 4.79 Å². The van der Waals surface area contributed by atoms with Crippen LogP contribution in [-0.4, -0.2) is 29.9 Å². The smallest absolute Gasteiger partial charge is 0.317 e. The number of benzene rings is 1. The molecule has 5 heteroatoms. The molecular formula is C18H25N3O2. The van der Waals surface area contributed by atoms with Crippen molar-refractivity contribution in [3.8, 4) is 0 Å². The van der Waals surface area contributed by atoms with E-state index in [1.807, 2.05) is 6.92 Å². The highest BCUT2D eigenvalue weighted by Crippen LogP contribution is 2.25. The summed E-state index contributed by atoms with van der Waals surface area (Å²) in [4.78, 5) is 25.2. The van der Waals surface area contributed by atoms with Crippen LogP contribution in [0, 0.1) is 5.92 Å². The SMILES string of the molecule is C[C@@H](NC(=O)N1CC[C@@H](C(N)=O)C1)c1ccc2c(c1)CCCC2. The molecule has 1 fully saturated rings. The highest BCUT2D eigenvalue weighted by molar-refractivity contribution is 5.80.